The lowest BCUT2D eigenvalue weighted by Crippen LogP contribution is -2.43. The van der Waals surface area contributed by atoms with Gasteiger partial charge in [0.25, 0.3) is 5.91 Å². The summed E-state index contributed by atoms with van der Waals surface area (Å²) in [6.07, 6.45) is 0.441. The molecule has 7 heteroatoms. The molecule has 152 valence electrons. The van der Waals surface area contributed by atoms with E-state index in [4.69, 9.17) is 9.15 Å². The molecular formula is C21H27NO5S. The second-order valence-corrected chi connectivity index (χ2v) is 9.83. The van der Waals surface area contributed by atoms with Crippen molar-refractivity contribution >= 4 is 15.7 Å². The van der Waals surface area contributed by atoms with Gasteiger partial charge in [0.2, 0.25) is 0 Å². The van der Waals surface area contributed by atoms with Gasteiger partial charge in [-0.05, 0) is 49.1 Å². The molecule has 1 aliphatic rings. The lowest BCUT2D eigenvalue weighted by molar-refractivity contribution is -0.136. The molecular weight excluding hydrogens is 378 g/mol. The second kappa shape index (κ2) is 8.39. The molecule has 28 heavy (non-hydrogen) atoms. The molecule has 0 bridgehead atoms. The van der Waals surface area contributed by atoms with Crippen LogP contribution in [0.4, 0.5) is 0 Å². The van der Waals surface area contributed by atoms with E-state index in [0.717, 1.165) is 5.76 Å². The Hall–Kier alpha value is -2.28. The van der Waals surface area contributed by atoms with Gasteiger partial charge in [-0.25, -0.2) is 8.42 Å². The largest absolute Gasteiger partial charge is 0.484 e. The monoisotopic (exact) mass is 405 g/mol. The Labute approximate surface area is 166 Å². The number of benzene rings is 1. The Morgan fingerprint density at radius 2 is 1.93 bits per heavy atom. The van der Waals surface area contributed by atoms with Crippen LogP contribution in [-0.2, 0) is 21.2 Å². The maximum Gasteiger partial charge on any atom is 0.261 e. The molecule has 1 atom stereocenters. The standard InChI is InChI=1S/C21H27NO5S/c1-15(2)17-5-8-19(9-6-17)26-13-21(23)22(12-20-7-4-16(3)27-20)18-10-11-28(24,25)14-18/h4-9,15,18H,10-14H2,1-3H3/t18-/m0/s1. The van der Waals surface area contributed by atoms with Crippen LogP contribution in [0.25, 0.3) is 0 Å². The fraction of sp³-hybridized carbons (Fsp3) is 0.476. The predicted molar refractivity (Wildman–Crippen MR) is 107 cm³/mol. The fourth-order valence-corrected chi connectivity index (χ4v) is 5.09. The van der Waals surface area contributed by atoms with Crippen molar-refractivity contribution in [2.24, 2.45) is 0 Å². The number of aryl methyl sites for hydroxylation is 1. The highest BCUT2D eigenvalue weighted by Crippen LogP contribution is 2.22. The number of carbonyl (C=O) groups excluding carboxylic acids is 1. The minimum absolute atomic E-state index is 0.0124. The van der Waals surface area contributed by atoms with Crippen LogP contribution in [0.15, 0.2) is 40.8 Å². The van der Waals surface area contributed by atoms with E-state index in [0.29, 0.717) is 23.8 Å². The van der Waals surface area contributed by atoms with Crippen LogP contribution < -0.4 is 4.74 Å². The first-order valence-electron chi connectivity index (χ1n) is 9.51. The van der Waals surface area contributed by atoms with Crippen molar-refractivity contribution in [1.82, 2.24) is 4.90 Å². The first kappa shape index (κ1) is 20.5. The number of hydrogen-bond acceptors (Lipinski definition) is 5. The molecule has 1 aromatic heterocycles. The molecule has 0 radical (unpaired) electrons. The van der Waals surface area contributed by atoms with Crippen LogP contribution >= 0.6 is 0 Å². The van der Waals surface area contributed by atoms with Crippen LogP contribution in [0, 0.1) is 6.92 Å². The zero-order valence-corrected chi connectivity index (χ0v) is 17.4. The Kier molecular flexibility index (Phi) is 6.13. The summed E-state index contributed by atoms with van der Waals surface area (Å²) in [5, 5.41) is 0. The van der Waals surface area contributed by atoms with E-state index in [1.807, 2.05) is 43.3 Å². The Morgan fingerprint density at radius 3 is 2.46 bits per heavy atom. The lowest BCUT2D eigenvalue weighted by Gasteiger charge is -2.27. The SMILES string of the molecule is Cc1ccc(CN(C(=O)COc2ccc(C(C)C)cc2)[C@H]2CCS(=O)(=O)C2)o1. The average Bonchev–Trinajstić information content (AvgIpc) is 3.22. The summed E-state index contributed by atoms with van der Waals surface area (Å²) in [6.45, 7) is 6.16. The first-order valence-corrected chi connectivity index (χ1v) is 11.3. The third-order valence-corrected chi connectivity index (χ3v) is 6.75. The molecule has 3 rings (SSSR count). The minimum Gasteiger partial charge on any atom is -0.484 e. The molecule has 2 aromatic rings. The van der Waals surface area contributed by atoms with Crippen LogP contribution in [0.5, 0.6) is 5.75 Å². The van der Waals surface area contributed by atoms with Crippen LogP contribution in [0.1, 0.15) is 43.3 Å². The van der Waals surface area contributed by atoms with Gasteiger partial charge in [-0.2, -0.15) is 0 Å². The Bertz CT molecular complexity index is 915. The minimum atomic E-state index is -3.11. The van der Waals surface area contributed by atoms with E-state index in [-0.39, 0.29) is 36.6 Å². The van der Waals surface area contributed by atoms with Crippen LogP contribution in [-0.4, -0.2) is 43.4 Å². The molecule has 0 aliphatic carbocycles. The normalized spacial score (nSPS) is 18.4. The highest BCUT2D eigenvalue weighted by atomic mass is 32.2. The third-order valence-electron chi connectivity index (χ3n) is 5.00. The molecule has 6 nitrogen and oxygen atoms in total. The maximum atomic E-state index is 12.9. The predicted octanol–water partition coefficient (Wildman–Crippen LogP) is 3.31. The summed E-state index contributed by atoms with van der Waals surface area (Å²) in [5.74, 6) is 2.28. The van der Waals surface area contributed by atoms with Crippen molar-refractivity contribution in [3.63, 3.8) is 0 Å². The van der Waals surface area contributed by atoms with E-state index in [2.05, 4.69) is 13.8 Å². The molecule has 1 aliphatic heterocycles. The summed E-state index contributed by atoms with van der Waals surface area (Å²) in [5.41, 5.74) is 1.20. The molecule has 0 spiro atoms. The van der Waals surface area contributed by atoms with E-state index < -0.39 is 9.84 Å². The van der Waals surface area contributed by atoms with Gasteiger partial charge >= 0.3 is 0 Å². The van der Waals surface area contributed by atoms with Crippen molar-refractivity contribution in [2.75, 3.05) is 18.1 Å². The number of furan rings is 1. The number of nitrogens with zero attached hydrogens (tertiary/aromatic N) is 1. The highest BCUT2D eigenvalue weighted by molar-refractivity contribution is 7.91. The molecule has 1 aromatic carbocycles. The summed E-state index contributed by atoms with van der Waals surface area (Å²) >= 11 is 0. The molecule has 0 N–H and O–H groups in total. The number of hydrogen-bond donors (Lipinski definition) is 0. The summed E-state index contributed by atoms with van der Waals surface area (Å²) < 4.78 is 35.1. The smallest absolute Gasteiger partial charge is 0.261 e. The summed E-state index contributed by atoms with van der Waals surface area (Å²) in [6, 6.07) is 11.0. The average molecular weight is 406 g/mol. The zero-order valence-electron chi connectivity index (χ0n) is 16.6. The molecule has 2 heterocycles. The van der Waals surface area contributed by atoms with Crippen LogP contribution in [0.3, 0.4) is 0 Å². The lowest BCUT2D eigenvalue weighted by atomic mass is 10.0. The molecule has 1 amide bonds. The maximum absolute atomic E-state index is 12.9. The third kappa shape index (κ3) is 5.16. The fourth-order valence-electron chi connectivity index (χ4n) is 3.36. The summed E-state index contributed by atoms with van der Waals surface area (Å²) in [4.78, 5) is 14.4. The summed E-state index contributed by atoms with van der Waals surface area (Å²) in [7, 11) is -3.11. The van der Waals surface area contributed by atoms with Crippen LogP contribution in [0.2, 0.25) is 0 Å². The van der Waals surface area contributed by atoms with Gasteiger partial charge in [0.15, 0.2) is 16.4 Å². The Balaban J connectivity index is 1.68. The molecule has 1 fully saturated rings. The van der Waals surface area contributed by atoms with Gasteiger partial charge in [-0.15, -0.1) is 0 Å². The quantitative estimate of drug-likeness (QED) is 0.706. The second-order valence-electron chi connectivity index (χ2n) is 7.60. The number of rotatable bonds is 7. The first-order chi connectivity index (χ1) is 13.2. The van der Waals surface area contributed by atoms with E-state index in [1.54, 1.807) is 4.90 Å². The van der Waals surface area contributed by atoms with Crippen molar-refractivity contribution in [1.29, 1.82) is 0 Å². The van der Waals surface area contributed by atoms with Gasteiger partial charge in [0.05, 0.1) is 18.1 Å². The van der Waals surface area contributed by atoms with E-state index in [1.165, 1.54) is 5.56 Å². The number of amides is 1. The van der Waals surface area contributed by atoms with Crippen molar-refractivity contribution in [3.8, 4) is 5.75 Å². The number of sulfone groups is 1. The Morgan fingerprint density at radius 1 is 1.21 bits per heavy atom. The van der Waals surface area contributed by atoms with E-state index in [9.17, 15) is 13.2 Å². The van der Waals surface area contributed by atoms with Gasteiger partial charge in [-0.3, -0.25) is 4.79 Å². The molecule has 1 saturated heterocycles. The van der Waals surface area contributed by atoms with Crippen molar-refractivity contribution in [2.45, 2.75) is 45.7 Å². The molecule has 0 unspecified atom stereocenters. The van der Waals surface area contributed by atoms with E-state index >= 15 is 0 Å². The highest BCUT2D eigenvalue weighted by Gasteiger charge is 2.35. The van der Waals surface area contributed by atoms with Gasteiger partial charge in [0.1, 0.15) is 17.3 Å². The topological polar surface area (TPSA) is 76.8 Å². The molecule has 0 saturated carbocycles. The van der Waals surface area contributed by atoms with Gasteiger partial charge < -0.3 is 14.1 Å². The number of ether oxygens (including phenoxy) is 1. The van der Waals surface area contributed by atoms with Crippen molar-refractivity contribution < 1.29 is 22.4 Å². The zero-order chi connectivity index (χ0) is 20.3. The van der Waals surface area contributed by atoms with Gasteiger partial charge in [-0.1, -0.05) is 26.0 Å². The van der Waals surface area contributed by atoms with Gasteiger partial charge in [0, 0.05) is 6.04 Å². The van der Waals surface area contributed by atoms with Crippen molar-refractivity contribution in [3.05, 3.63) is 53.5 Å². The number of carbonyl (C=O) groups is 1.